The summed E-state index contributed by atoms with van der Waals surface area (Å²) >= 11 is 0. The zero-order valence-corrected chi connectivity index (χ0v) is 18.2. The van der Waals surface area contributed by atoms with Crippen molar-refractivity contribution in [1.29, 1.82) is 0 Å². The standard InChI is InChI=1S/C23H30N4O3/c1-6-15-9-8-10-16(7-2)19(15)26-22(28)14(5)27-21-17(11-12-18(24)25-21)30-20(13(3)4)23(27)29/h8-14,20H,6-7H2,1-5H3,(H2,24,25)(H,26,28). The van der Waals surface area contributed by atoms with Crippen LogP contribution in [0.3, 0.4) is 0 Å². The Labute approximate surface area is 177 Å². The van der Waals surface area contributed by atoms with Crippen LogP contribution >= 0.6 is 0 Å². The second-order valence-corrected chi connectivity index (χ2v) is 7.87. The predicted octanol–water partition coefficient (Wildman–Crippen LogP) is 3.57. The van der Waals surface area contributed by atoms with Crippen molar-refractivity contribution >= 4 is 29.1 Å². The summed E-state index contributed by atoms with van der Waals surface area (Å²) < 4.78 is 5.87. The Kier molecular flexibility index (Phi) is 6.29. The fourth-order valence-corrected chi connectivity index (χ4v) is 3.69. The molecule has 3 N–H and O–H groups in total. The summed E-state index contributed by atoms with van der Waals surface area (Å²) in [6, 6.07) is 8.54. The highest BCUT2D eigenvalue weighted by Crippen LogP contribution is 2.36. The molecule has 2 aromatic rings. The van der Waals surface area contributed by atoms with Crippen molar-refractivity contribution in [2.45, 2.75) is 59.6 Å². The van der Waals surface area contributed by atoms with Crippen LogP contribution in [-0.2, 0) is 22.4 Å². The Balaban J connectivity index is 1.97. The highest BCUT2D eigenvalue weighted by atomic mass is 16.5. The van der Waals surface area contributed by atoms with Crippen LogP contribution in [0.15, 0.2) is 30.3 Å². The summed E-state index contributed by atoms with van der Waals surface area (Å²) in [5.74, 6) is 0.351. The van der Waals surface area contributed by atoms with E-state index < -0.39 is 12.1 Å². The minimum Gasteiger partial charge on any atom is -0.476 e. The number of aromatic nitrogens is 1. The van der Waals surface area contributed by atoms with E-state index in [4.69, 9.17) is 10.5 Å². The van der Waals surface area contributed by atoms with Gasteiger partial charge in [-0.05, 0) is 48.9 Å². The molecule has 1 aliphatic heterocycles. The van der Waals surface area contributed by atoms with Crippen molar-refractivity contribution in [2.75, 3.05) is 16.0 Å². The third-order valence-electron chi connectivity index (χ3n) is 5.44. The van der Waals surface area contributed by atoms with Gasteiger partial charge in [0.25, 0.3) is 5.91 Å². The van der Waals surface area contributed by atoms with Gasteiger partial charge in [0, 0.05) is 5.69 Å². The molecule has 1 aliphatic rings. The first-order valence-corrected chi connectivity index (χ1v) is 10.5. The Hall–Kier alpha value is -3.09. The largest absolute Gasteiger partial charge is 0.476 e. The van der Waals surface area contributed by atoms with Gasteiger partial charge in [-0.15, -0.1) is 0 Å². The average molecular weight is 411 g/mol. The van der Waals surface area contributed by atoms with Gasteiger partial charge in [0.05, 0.1) is 0 Å². The lowest BCUT2D eigenvalue weighted by Crippen LogP contribution is -2.55. The lowest BCUT2D eigenvalue weighted by molar-refractivity contribution is -0.130. The van der Waals surface area contributed by atoms with Gasteiger partial charge in [-0.1, -0.05) is 45.9 Å². The Morgan fingerprint density at radius 1 is 1.17 bits per heavy atom. The molecule has 30 heavy (non-hydrogen) atoms. The molecule has 1 aromatic carbocycles. The maximum Gasteiger partial charge on any atom is 0.270 e. The van der Waals surface area contributed by atoms with E-state index in [1.54, 1.807) is 19.1 Å². The van der Waals surface area contributed by atoms with E-state index >= 15 is 0 Å². The van der Waals surface area contributed by atoms with E-state index in [1.165, 1.54) is 4.90 Å². The van der Waals surface area contributed by atoms with Gasteiger partial charge in [-0.3, -0.25) is 14.5 Å². The maximum atomic E-state index is 13.3. The van der Waals surface area contributed by atoms with Gasteiger partial charge in [-0.25, -0.2) is 4.98 Å². The van der Waals surface area contributed by atoms with Crippen LogP contribution in [0.5, 0.6) is 5.75 Å². The molecule has 0 fully saturated rings. The summed E-state index contributed by atoms with van der Waals surface area (Å²) in [6.45, 7) is 9.62. The minimum absolute atomic E-state index is 0.0616. The predicted molar refractivity (Wildman–Crippen MR) is 119 cm³/mol. The van der Waals surface area contributed by atoms with E-state index in [-0.39, 0.29) is 29.4 Å². The van der Waals surface area contributed by atoms with Crippen LogP contribution in [0, 0.1) is 5.92 Å². The Morgan fingerprint density at radius 2 is 1.80 bits per heavy atom. The fourth-order valence-electron chi connectivity index (χ4n) is 3.69. The highest BCUT2D eigenvalue weighted by Gasteiger charge is 2.41. The van der Waals surface area contributed by atoms with Crippen LogP contribution in [0.4, 0.5) is 17.3 Å². The molecule has 0 spiro atoms. The number of nitrogen functional groups attached to an aromatic ring is 1. The number of aryl methyl sites for hydroxylation is 2. The number of hydrogen-bond acceptors (Lipinski definition) is 5. The fraction of sp³-hybridized carbons (Fsp3) is 0.435. The van der Waals surface area contributed by atoms with Gasteiger partial charge in [0.2, 0.25) is 5.91 Å². The number of hydrogen-bond donors (Lipinski definition) is 2. The molecule has 0 bridgehead atoms. The second-order valence-electron chi connectivity index (χ2n) is 7.87. The lowest BCUT2D eigenvalue weighted by Gasteiger charge is -2.37. The van der Waals surface area contributed by atoms with E-state index in [0.717, 1.165) is 29.7 Å². The zero-order chi connectivity index (χ0) is 22.0. The van der Waals surface area contributed by atoms with Gasteiger partial charge in [0.15, 0.2) is 17.7 Å². The van der Waals surface area contributed by atoms with Crippen molar-refractivity contribution in [2.24, 2.45) is 5.92 Å². The number of carbonyl (C=O) groups excluding carboxylic acids is 2. The summed E-state index contributed by atoms with van der Waals surface area (Å²) in [4.78, 5) is 32.2. The van der Waals surface area contributed by atoms with Gasteiger partial charge in [0.1, 0.15) is 11.9 Å². The molecule has 0 aliphatic carbocycles. The molecular formula is C23H30N4O3. The Morgan fingerprint density at radius 3 is 2.37 bits per heavy atom. The van der Waals surface area contributed by atoms with Gasteiger partial charge >= 0.3 is 0 Å². The summed E-state index contributed by atoms with van der Waals surface area (Å²) in [6.07, 6.45) is 0.905. The topological polar surface area (TPSA) is 97.5 Å². The number of nitrogens with two attached hydrogens (primary N) is 1. The third-order valence-corrected chi connectivity index (χ3v) is 5.44. The van der Waals surface area contributed by atoms with Crippen molar-refractivity contribution in [3.8, 4) is 5.75 Å². The molecule has 160 valence electrons. The maximum absolute atomic E-state index is 13.3. The number of nitrogens with zero attached hydrogens (tertiary/aromatic N) is 2. The first kappa shape index (κ1) is 21.6. The van der Waals surface area contributed by atoms with E-state index in [9.17, 15) is 9.59 Å². The molecule has 0 radical (unpaired) electrons. The minimum atomic E-state index is -0.787. The number of para-hydroxylation sites is 1. The summed E-state index contributed by atoms with van der Waals surface area (Å²) in [5, 5.41) is 3.06. The molecular weight excluding hydrogens is 380 g/mol. The number of rotatable bonds is 6. The average Bonchev–Trinajstić information content (AvgIpc) is 2.72. The number of nitrogens with one attached hydrogen (secondary N) is 1. The summed E-state index contributed by atoms with van der Waals surface area (Å²) in [7, 11) is 0. The molecule has 2 atom stereocenters. The van der Waals surface area contributed by atoms with Crippen LogP contribution < -0.4 is 20.7 Å². The number of amides is 2. The number of ether oxygens (including phenoxy) is 1. The van der Waals surface area contributed by atoms with E-state index in [1.807, 2.05) is 32.0 Å². The number of benzene rings is 1. The molecule has 2 amide bonds. The second kappa shape index (κ2) is 8.73. The molecule has 1 aromatic heterocycles. The summed E-state index contributed by atoms with van der Waals surface area (Å²) in [5.41, 5.74) is 8.80. The van der Waals surface area contributed by atoms with Gasteiger partial charge in [-0.2, -0.15) is 0 Å². The van der Waals surface area contributed by atoms with Crippen LogP contribution in [0.25, 0.3) is 0 Å². The first-order valence-electron chi connectivity index (χ1n) is 10.5. The number of fused-ring (bicyclic) bond motifs is 1. The van der Waals surface area contributed by atoms with E-state index in [0.29, 0.717) is 5.75 Å². The molecule has 2 unspecified atom stereocenters. The molecule has 3 rings (SSSR count). The molecule has 7 heteroatoms. The molecule has 0 saturated heterocycles. The normalized spacial score (nSPS) is 16.8. The zero-order valence-electron chi connectivity index (χ0n) is 18.2. The third kappa shape index (κ3) is 3.97. The highest BCUT2D eigenvalue weighted by molar-refractivity contribution is 6.07. The van der Waals surface area contributed by atoms with Crippen LogP contribution in [0.1, 0.15) is 45.7 Å². The smallest absolute Gasteiger partial charge is 0.270 e. The quantitative estimate of drug-likeness (QED) is 0.759. The van der Waals surface area contributed by atoms with Crippen molar-refractivity contribution in [3.05, 3.63) is 41.5 Å². The molecule has 7 nitrogen and oxygen atoms in total. The molecule has 2 heterocycles. The SMILES string of the molecule is CCc1cccc(CC)c1NC(=O)C(C)N1C(=O)C(C(C)C)Oc2ccc(N)nc21. The van der Waals surface area contributed by atoms with Crippen LogP contribution in [-0.4, -0.2) is 28.9 Å². The lowest BCUT2D eigenvalue weighted by atomic mass is 10.0. The monoisotopic (exact) mass is 410 g/mol. The molecule has 0 saturated carbocycles. The van der Waals surface area contributed by atoms with Crippen LogP contribution in [0.2, 0.25) is 0 Å². The Bertz CT molecular complexity index is 935. The number of pyridine rings is 1. The van der Waals surface area contributed by atoms with Crippen molar-refractivity contribution in [1.82, 2.24) is 4.98 Å². The van der Waals surface area contributed by atoms with Crippen molar-refractivity contribution in [3.63, 3.8) is 0 Å². The van der Waals surface area contributed by atoms with E-state index in [2.05, 4.69) is 24.1 Å². The number of carbonyl (C=O) groups is 2. The van der Waals surface area contributed by atoms with Gasteiger partial charge < -0.3 is 15.8 Å². The van der Waals surface area contributed by atoms with Crippen molar-refractivity contribution < 1.29 is 14.3 Å². The number of anilines is 3. The first-order chi connectivity index (χ1) is 14.3.